The van der Waals surface area contributed by atoms with Crippen molar-refractivity contribution in [1.82, 2.24) is 15.0 Å². The maximum absolute atomic E-state index is 8.47. The smallest absolute Gasteiger partial charge is 0.164 e. The van der Waals surface area contributed by atoms with Crippen LogP contribution < -0.4 is 0 Å². The lowest BCUT2D eigenvalue weighted by Crippen LogP contribution is -2.00. The molecule has 0 fully saturated rings. The highest BCUT2D eigenvalue weighted by atomic mass is 16.3. The Bertz CT molecular complexity index is 2840. The van der Waals surface area contributed by atoms with Crippen molar-refractivity contribution < 1.29 is 11.3 Å². The number of aromatic nitrogens is 3. The first kappa shape index (κ1) is 22.2. The van der Waals surface area contributed by atoms with Crippen molar-refractivity contribution in [3.8, 4) is 56.4 Å². The lowest BCUT2D eigenvalue weighted by Gasteiger charge is -2.10. The van der Waals surface area contributed by atoms with E-state index in [1.54, 1.807) is 6.07 Å². The van der Waals surface area contributed by atoms with Gasteiger partial charge in [-0.1, -0.05) is 127 Å². The van der Waals surface area contributed by atoms with Crippen LogP contribution in [0.25, 0.3) is 89.1 Å². The number of furan rings is 1. The summed E-state index contributed by atoms with van der Waals surface area (Å²) in [5.74, 6) is 1.61. The van der Waals surface area contributed by atoms with E-state index >= 15 is 0 Å². The quantitative estimate of drug-likeness (QED) is 0.196. The van der Waals surface area contributed by atoms with Gasteiger partial charge < -0.3 is 4.42 Å². The summed E-state index contributed by atoms with van der Waals surface area (Å²) in [5.41, 5.74) is 6.71. The average molecular weight is 607 g/mol. The van der Waals surface area contributed by atoms with Gasteiger partial charge in [-0.15, -0.1) is 0 Å². The highest BCUT2D eigenvalue weighted by Crippen LogP contribution is 2.34. The van der Waals surface area contributed by atoms with Crippen LogP contribution in [0.15, 0.2) is 168 Å². The summed E-state index contributed by atoms with van der Waals surface area (Å²) in [4.78, 5) is 14.8. The fraction of sp³-hybridized carbons (Fsp3) is 0. The van der Waals surface area contributed by atoms with Crippen LogP contribution in [0.3, 0.4) is 0 Å². The van der Waals surface area contributed by atoms with Gasteiger partial charge in [0.05, 0.1) is 6.85 Å². The molecule has 0 saturated carbocycles. The lowest BCUT2D eigenvalue weighted by atomic mass is 9.97. The van der Waals surface area contributed by atoms with Gasteiger partial charge in [0.15, 0.2) is 17.5 Å². The Morgan fingerprint density at radius 2 is 0.957 bits per heavy atom. The van der Waals surface area contributed by atoms with Crippen molar-refractivity contribution in [3.05, 3.63) is 164 Å². The van der Waals surface area contributed by atoms with Crippen molar-refractivity contribution in [1.29, 1.82) is 0 Å². The number of nitrogens with zero attached hydrogens (tertiary/aromatic N) is 3. The van der Waals surface area contributed by atoms with Gasteiger partial charge in [-0.3, -0.25) is 0 Å². The molecular weight excluding hydrogens is 574 g/mol. The van der Waals surface area contributed by atoms with Gasteiger partial charge in [0.1, 0.15) is 11.2 Å². The fourth-order valence-electron chi connectivity index (χ4n) is 6.03. The predicted molar refractivity (Wildman–Crippen MR) is 192 cm³/mol. The zero-order valence-corrected chi connectivity index (χ0v) is 25.0. The maximum atomic E-state index is 8.47. The van der Waals surface area contributed by atoms with Gasteiger partial charge in [0, 0.05) is 27.5 Å². The van der Waals surface area contributed by atoms with Gasteiger partial charge in [0.2, 0.25) is 0 Å². The number of para-hydroxylation sites is 1. The number of rotatable bonds is 5. The fourth-order valence-corrected chi connectivity index (χ4v) is 6.03. The van der Waals surface area contributed by atoms with Gasteiger partial charge in [-0.25, -0.2) is 15.0 Å². The van der Waals surface area contributed by atoms with Crippen LogP contribution in [0.4, 0.5) is 0 Å². The van der Waals surface area contributed by atoms with Gasteiger partial charge >= 0.3 is 0 Å². The van der Waals surface area contributed by atoms with Crippen molar-refractivity contribution in [2.45, 2.75) is 0 Å². The molecule has 0 spiro atoms. The van der Waals surface area contributed by atoms with Gasteiger partial charge in [-0.2, -0.15) is 0 Å². The summed E-state index contributed by atoms with van der Waals surface area (Å²) >= 11 is 0. The second-order valence-electron chi connectivity index (χ2n) is 11.3. The van der Waals surface area contributed by atoms with Gasteiger partial charge in [0.25, 0.3) is 0 Å². The van der Waals surface area contributed by atoms with Crippen LogP contribution in [0.1, 0.15) is 6.85 Å². The summed E-state index contributed by atoms with van der Waals surface area (Å²) in [6, 6.07) is 42.0. The molecule has 0 atom stereocenters. The molecule has 7 aromatic carbocycles. The standard InChI is InChI=1S/C43H27N3O/c1-3-10-28(11-4-1)32-20-18-29-19-21-33(26-36(29)25-32)31-14-9-15-34(24-31)42-44-41(30-12-5-2-6-13-30)45-43(46-42)35-22-23-38-37-16-7-8-17-39(37)47-40(38)27-35/h1-27H/i1D,3D,4D,10D,11D. The summed E-state index contributed by atoms with van der Waals surface area (Å²) in [7, 11) is 0. The maximum Gasteiger partial charge on any atom is 0.164 e. The third-order valence-corrected chi connectivity index (χ3v) is 8.39. The minimum absolute atomic E-state index is 0.180. The first-order valence-electron chi connectivity index (χ1n) is 17.8. The molecule has 0 aliphatic rings. The van der Waals surface area contributed by atoms with E-state index in [1.165, 1.54) is 0 Å². The van der Waals surface area contributed by atoms with E-state index in [-0.39, 0.29) is 29.7 Å². The van der Waals surface area contributed by atoms with Crippen LogP contribution in [0, 0.1) is 0 Å². The molecule has 0 amide bonds. The highest BCUT2D eigenvalue weighted by Gasteiger charge is 2.15. The normalized spacial score (nSPS) is 12.9. The summed E-state index contributed by atoms with van der Waals surface area (Å²) < 4.78 is 47.4. The molecule has 2 aromatic heterocycles. The predicted octanol–water partition coefficient (Wildman–Crippen LogP) is 11.3. The van der Waals surface area contributed by atoms with E-state index in [4.69, 9.17) is 26.2 Å². The van der Waals surface area contributed by atoms with Crippen LogP contribution >= 0.6 is 0 Å². The highest BCUT2D eigenvalue weighted by molar-refractivity contribution is 6.05. The molecule has 0 aliphatic heterocycles. The Morgan fingerprint density at radius 1 is 0.383 bits per heavy atom. The third kappa shape index (κ3) is 5.02. The molecule has 47 heavy (non-hydrogen) atoms. The van der Waals surface area contributed by atoms with Crippen molar-refractivity contribution in [3.63, 3.8) is 0 Å². The lowest BCUT2D eigenvalue weighted by molar-refractivity contribution is 0.669. The van der Waals surface area contributed by atoms with E-state index in [2.05, 4.69) is 12.1 Å². The molecule has 9 aromatic rings. The van der Waals surface area contributed by atoms with Crippen LogP contribution in [-0.2, 0) is 0 Å². The van der Waals surface area contributed by atoms with E-state index in [0.29, 0.717) is 23.0 Å². The van der Waals surface area contributed by atoms with Gasteiger partial charge in [-0.05, 0) is 69.4 Å². The number of hydrogen-bond donors (Lipinski definition) is 0. The monoisotopic (exact) mass is 606 g/mol. The Morgan fingerprint density at radius 3 is 1.74 bits per heavy atom. The van der Waals surface area contributed by atoms with Crippen molar-refractivity contribution >= 4 is 32.7 Å². The zero-order valence-electron chi connectivity index (χ0n) is 30.0. The second-order valence-corrected chi connectivity index (χ2v) is 11.3. The Hall–Kier alpha value is -6.39. The topological polar surface area (TPSA) is 51.8 Å². The molecule has 9 rings (SSSR count). The largest absolute Gasteiger partial charge is 0.456 e. The van der Waals surface area contributed by atoms with E-state index in [0.717, 1.165) is 60.5 Å². The zero-order chi connectivity index (χ0) is 35.5. The Labute approximate surface area is 278 Å². The molecule has 4 heteroatoms. The van der Waals surface area contributed by atoms with Crippen LogP contribution in [-0.4, -0.2) is 15.0 Å². The molecule has 4 nitrogen and oxygen atoms in total. The van der Waals surface area contributed by atoms with Crippen LogP contribution in [0.5, 0.6) is 0 Å². The Kier molecular flexibility index (Phi) is 5.28. The van der Waals surface area contributed by atoms with Crippen molar-refractivity contribution in [2.24, 2.45) is 0 Å². The SMILES string of the molecule is [2H]c1c([2H])c([2H])c(-c2ccc3ccc(-c4cccc(-c5nc(-c6ccccc6)nc(-c6ccc7c(c6)oc6ccccc67)n5)c4)cc3c2)c([2H])c1[2H]. The minimum Gasteiger partial charge on any atom is -0.456 e. The molecule has 0 N–H and O–H groups in total. The van der Waals surface area contributed by atoms with E-state index in [9.17, 15) is 0 Å². The molecular formula is C43H27N3O. The third-order valence-electron chi connectivity index (χ3n) is 8.39. The molecule has 0 unspecified atom stereocenters. The molecule has 0 saturated heterocycles. The summed E-state index contributed by atoms with van der Waals surface area (Å²) in [6.07, 6.45) is 0. The first-order chi connectivity index (χ1) is 25.3. The molecule has 2 heterocycles. The molecule has 0 bridgehead atoms. The van der Waals surface area contributed by atoms with E-state index < -0.39 is 6.04 Å². The van der Waals surface area contributed by atoms with Crippen molar-refractivity contribution in [2.75, 3.05) is 0 Å². The number of benzene rings is 7. The van der Waals surface area contributed by atoms with Crippen LogP contribution in [0.2, 0.25) is 0 Å². The molecule has 220 valence electrons. The minimum atomic E-state index is -0.407. The summed E-state index contributed by atoms with van der Waals surface area (Å²) in [5, 5.41) is 3.93. The molecule has 0 radical (unpaired) electrons. The Balaban J connectivity index is 1.14. The first-order valence-corrected chi connectivity index (χ1v) is 15.3. The number of hydrogen-bond acceptors (Lipinski definition) is 4. The average Bonchev–Trinajstić information content (AvgIpc) is 3.57. The molecule has 0 aliphatic carbocycles. The summed E-state index contributed by atoms with van der Waals surface area (Å²) in [6.45, 7) is 0. The second kappa shape index (κ2) is 11.2. The number of fused-ring (bicyclic) bond motifs is 4. The van der Waals surface area contributed by atoms with E-state index in [1.807, 2.05) is 115 Å².